The van der Waals surface area contributed by atoms with Crippen LogP contribution >= 0.6 is 0 Å². The number of nitrogens with zero attached hydrogens (tertiary/aromatic N) is 3. The average molecular weight is 452 g/mol. The third-order valence-electron chi connectivity index (χ3n) is 5.80. The second-order valence-electron chi connectivity index (χ2n) is 8.13. The number of amides is 2. The summed E-state index contributed by atoms with van der Waals surface area (Å²) in [6.45, 7) is 0.232. The van der Waals surface area contributed by atoms with Crippen molar-refractivity contribution in [1.29, 1.82) is 0 Å². The van der Waals surface area contributed by atoms with E-state index in [0.717, 1.165) is 18.6 Å². The summed E-state index contributed by atoms with van der Waals surface area (Å²) < 4.78 is 46.3. The van der Waals surface area contributed by atoms with Crippen molar-refractivity contribution in [2.45, 2.75) is 57.2 Å². The molecule has 0 bridgehead atoms. The summed E-state index contributed by atoms with van der Waals surface area (Å²) in [6.07, 6.45) is 1.35. The Morgan fingerprint density at radius 2 is 1.91 bits per heavy atom. The van der Waals surface area contributed by atoms with Crippen LogP contribution in [0.5, 0.6) is 5.75 Å². The van der Waals surface area contributed by atoms with E-state index in [-0.39, 0.29) is 48.4 Å². The number of halogens is 3. The number of aromatic nitrogens is 2. The van der Waals surface area contributed by atoms with Crippen LogP contribution in [0.4, 0.5) is 24.9 Å². The van der Waals surface area contributed by atoms with Crippen molar-refractivity contribution in [3.8, 4) is 5.75 Å². The number of hydrogen-bond donors (Lipinski definition) is 1. The Morgan fingerprint density at radius 1 is 1.19 bits per heavy atom. The molecule has 2 aromatic rings. The van der Waals surface area contributed by atoms with Crippen LogP contribution < -0.4 is 15.0 Å². The molecule has 11 heteroatoms. The maximum absolute atomic E-state index is 12.4. The van der Waals surface area contributed by atoms with Crippen LogP contribution in [-0.2, 0) is 9.59 Å². The summed E-state index contributed by atoms with van der Waals surface area (Å²) in [5.41, 5.74) is 0.437. The molecule has 0 radical (unpaired) electrons. The predicted molar refractivity (Wildman–Crippen MR) is 107 cm³/mol. The maximum Gasteiger partial charge on any atom is 0.573 e. The molecule has 1 aliphatic carbocycles. The fraction of sp³-hybridized carbons (Fsp3) is 0.524. The lowest BCUT2D eigenvalue weighted by Crippen LogP contribution is -2.24. The van der Waals surface area contributed by atoms with Gasteiger partial charge in [-0.05, 0) is 36.6 Å². The molecule has 1 aliphatic heterocycles. The lowest BCUT2D eigenvalue weighted by Gasteiger charge is -2.17. The van der Waals surface area contributed by atoms with Crippen LogP contribution in [0.15, 0.2) is 28.7 Å². The standard InChI is InChI=1S/C21H23F3N4O4/c22-21(23,24)32-16-8-6-15(7-9-16)28-12-14(11-18(28)30)19-26-27-20(31-19)25-17(29)10-5-13-3-1-2-4-13/h6-9,13-14H,1-5,10-12H2,(H,25,27,29). The van der Waals surface area contributed by atoms with Gasteiger partial charge < -0.3 is 14.1 Å². The summed E-state index contributed by atoms with van der Waals surface area (Å²) in [5, 5.41) is 10.4. The Bertz CT molecular complexity index is 955. The average Bonchev–Trinajstić information content (AvgIpc) is 3.47. The molecule has 2 fully saturated rings. The lowest BCUT2D eigenvalue weighted by molar-refractivity contribution is -0.274. The first-order valence-electron chi connectivity index (χ1n) is 10.6. The molecule has 2 amide bonds. The van der Waals surface area contributed by atoms with E-state index in [1.807, 2.05) is 0 Å². The monoisotopic (exact) mass is 452 g/mol. The van der Waals surface area contributed by atoms with Crippen molar-refractivity contribution in [2.24, 2.45) is 5.92 Å². The Hall–Kier alpha value is -3.11. The highest BCUT2D eigenvalue weighted by molar-refractivity contribution is 5.96. The van der Waals surface area contributed by atoms with Gasteiger partial charge in [-0.3, -0.25) is 14.9 Å². The number of ether oxygens (including phenoxy) is 1. The van der Waals surface area contributed by atoms with E-state index in [2.05, 4.69) is 20.3 Å². The highest BCUT2D eigenvalue weighted by Crippen LogP contribution is 2.33. The van der Waals surface area contributed by atoms with Gasteiger partial charge in [-0.2, -0.15) is 0 Å². The maximum atomic E-state index is 12.4. The number of carbonyl (C=O) groups is 2. The van der Waals surface area contributed by atoms with Gasteiger partial charge >= 0.3 is 12.4 Å². The first-order chi connectivity index (χ1) is 15.3. The molecule has 1 N–H and O–H groups in total. The van der Waals surface area contributed by atoms with E-state index >= 15 is 0 Å². The molecule has 8 nitrogen and oxygen atoms in total. The van der Waals surface area contributed by atoms with E-state index in [1.165, 1.54) is 42.7 Å². The zero-order valence-electron chi connectivity index (χ0n) is 17.2. The van der Waals surface area contributed by atoms with E-state index in [9.17, 15) is 22.8 Å². The molecule has 1 unspecified atom stereocenters. The first kappa shape index (κ1) is 22.1. The number of nitrogens with one attached hydrogen (secondary N) is 1. The van der Waals surface area contributed by atoms with Gasteiger partial charge in [-0.25, -0.2) is 0 Å². The van der Waals surface area contributed by atoms with Gasteiger partial charge in [0, 0.05) is 25.1 Å². The largest absolute Gasteiger partial charge is 0.573 e. The van der Waals surface area contributed by atoms with Crippen molar-refractivity contribution < 1.29 is 31.9 Å². The van der Waals surface area contributed by atoms with Gasteiger partial charge in [-0.15, -0.1) is 18.3 Å². The molecule has 1 aromatic carbocycles. The number of hydrogen-bond acceptors (Lipinski definition) is 6. The number of benzene rings is 1. The lowest BCUT2D eigenvalue weighted by atomic mass is 10.0. The molecule has 1 saturated heterocycles. The second kappa shape index (κ2) is 9.17. The number of rotatable bonds is 7. The summed E-state index contributed by atoms with van der Waals surface area (Å²) >= 11 is 0. The Kier molecular flexibility index (Phi) is 6.33. The molecular formula is C21H23F3N4O4. The van der Waals surface area contributed by atoms with E-state index in [0.29, 0.717) is 18.0 Å². The Labute approximate surface area is 182 Å². The molecule has 32 heavy (non-hydrogen) atoms. The van der Waals surface area contributed by atoms with E-state index < -0.39 is 6.36 Å². The van der Waals surface area contributed by atoms with Gasteiger partial charge in [0.2, 0.25) is 17.7 Å². The predicted octanol–water partition coefficient (Wildman–Crippen LogP) is 4.40. The van der Waals surface area contributed by atoms with Crippen molar-refractivity contribution in [3.63, 3.8) is 0 Å². The summed E-state index contributed by atoms with van der Waals surface area (Å²) in [6, 6.07) is 5.05. The van der Waals surface area contributed by atoms with Crippen molar-refractivity contribution >= 4 is 23.5 Å². The Morgan fingerprint density at radius 3 is 2.59 bits per heavy atom. The molecule has 0 spiro atoms. The zero-order valence-corrected chi connectivity index (χ0v) is 17.2. The van der Waals surface area contributed by atoms with Crippen LogP contribution in [0.1, 0.15) is 56.8 Å². The van der Waals surface area contributed by atoms with E-state index in [1.54, 1.807) is 0 Å². The normalized spacial score (nSPS) is 19.5. The topological polar surface area (TPSA) is 97.6 Å². The fourth-order valence-electron chi connectivity index (χ4n) is 4.22. The summed E-state index contributed by atoms with van der Waals surface area (Å²) in [7, 11) is 0. The van der Waals surface area contributed by atoms with Crippen molar-refractivity contribution in [2.75, 3.05) is 16.8 Å². The summed E-state index contributed by atoms with van der Waals surface area (Å²) in [5.74, 6) is -0.329. The smallest absolute Gasteiger partial charge is 0.407 e. The molecular weight excluding hydrogens is 429 g/mol. The second-order valence-corrected chi connectivity index (χ2v) is 8.13. The highest BCUT2D eigenvalue weighted by atomic mass is 19.4. The van der Waals surface area contributed by atoms with Gasteiger partial charge in [0.15, 0.2) is 0 Å². The quantitative estimate of drug-likeness (QED) is 0.669. The molecule has 1 saturated carbocycles. The van der Waals surface area contributed by atoms with Crippen LogP contribution in [-0.4, -0.2) is 34.9 Å². The summed E-state index contributed by atoms with van der Waals surface area (Å²) in [4.78, 5) is 26.0. The highest BCUT2D eigenvalue weighted by Gasteiger charge is 2.35. The zero-order chi connectivity index (χ0) is 22.7. The Balaban J connectivity index is 1.32. The first-order valence-corrected chi connectivity index (χ1v) is 10.6. The van der Waals surface area contributed by atoms with Crippen LogP contribution in [0.2, 0.25) is 0 Å². The van der Waals surface area contributed by atoms with Crippen LogP contribution in [0.3, 0.4) is 0 Å². The molecule has 1 atom stereocenters. The minimum Gasteiger partial charge on any atom is -0.407 e. The number of carbonyl (C=O) groups excluding carboxylic acids is 2. The number of anilines is 2. The third-order valence-corrected chi connectivity index (χ3v) is 5.80. The van der Waals surface area contributed by atoms with E-state index in [4.69, 9.17) is 4.42 Å². The van der Waals surface area contributed by atoms with Crippen LogP contribution in [0, 0.1) is 5.92 Å². The minimum absolute atomic E-state index is 0.00373. The number of alkyl halides is 3. The van der Waals surface area contributed by atoms with Crippen molar-refractivity contribution in [3.05, 3.63) is 30.2 Å². The molecule has 4 rings (SSSR count). The minimum atomic E-state index is -4.78. The molecule has 172 valence electrons. The molecule has 2 heterocycles. The molecule has 2 aliphatic rings. The van der Waals surface area contributed by atoms with Gasteiger partial charge in [0.05, 0.1) is 5.92 Å². The SMILES string of the molecule is O=C(CCC1CCCC1)Nc1nnc(C2CC(=O)N(c3ccc(OC(F)(F)F)cc3)C2)o1. The van der Waals surface area contributed by atoms with Gasteiger partial charge in [0.1, 0.15) is 5.75 Å². The van der Waals surface area contributed by atoms with Crippen LogP contribution in [0.25, 0.3) is 0 Å². The third kappa shape index (κ3) is 5.57. The fourth-order valence-corrected chi connectivity index (χ4v) is 4.22. The van der Waals surface area contributed by atoms with Crippen molar-refractivity contribution in [1.82, 2.24) is 10.2 Å². The van der Waals surface area contributed by atoms with Gasteiger partial charge in [0.25, 0.3) is 0 Å². The molecule has 1 aromatic heterocycles. The van der Waals surface area contributed by atoms with Gasteiger partial charge in [-0.1, -0.05) is 30.8 Å².